The van der Waals surface area contributed by atoms with Crippen LogP contribution in [0.4, 0.5) is 4.79 Å². The van der Waals surface area contributed by atoms with Crippen LogP contribution in [0.1, 0.15) is 13.8 Å². The van der Waals surface area contributed by atoms with Gasteiger partial charge in [-0.25, -0.2) is 22.2 Å². The molecule has 2 rings (SSSR count). The Bertz CT molecular complexity index is 828. The van der Waals surface area contributed by atoms with Gasteiger partial charge in [-0.1, -0.05) is 5.21 Å². The van der Waals surface area contributed by atoms with Crippen LogP contribution >= 0.6 is 0 Å². The number of urea groups is 1. The van der Waals surface area contributed by atoms with Crippen LogP contribution in [0.25, 0.3) is 11.0 Å². The lowest BCUT2D eigenvalue weighted by Gasteiger charge is -2.11. The molecule has 1 aromatic heterocycles. The van der Waals surface area contributed by atoms with Crippen molar-refractivity contribution < 1.29 is 13.2 Å². The average Bonchev–Trinajstić information content (AvgIpc) is 2.88. The van der Waals surface area contributed by atoms with Crippen molar-refractivity contribution in [1.29, 1.82) is 0 Å². The highest BCUT2D eigenvalue weighted by atomic mass is 32.2. The van der Waals surface area contributed by atoms with Gasteiger partial charge in [-0.05, 0) is 32.0 Å². The summed E-state index contributed by atoms with van der Waals surface area (Å²) in [6, 6.07) is 4.51. The molecular formula is C14H22N6O3S. The zero-order chi connectivity index (χ0) is 17.9. The molecule has 2 aromatic rings. The molecule has 0 bridgehead atoms. The first-order valence-corrected chi connectivity index (χ1v) is 8.96. The number of amides is 2. The van der Waals surface area contributed by atoms with Crippen LogP contribution in [0.3, 0.4) is 0 Å². The van der Waals surface area contributed by atoms with E-state index in [1.165, 1.54) is 26.2 Å². The molecule has 0 radical (unpaired) electrons. The second-order valence-corrected chi connectivity index (χ2v) is 7.96. The number of carbonyl (C=O) groups is 1. The van der Waals surface area contributed by atoms with Gasteiger partial charge in [0.25, 0.3) is 0 Å². The quantitative estimate of drug-likeness (QED) is 0.780. The van der Waals surface area contributed by atoms with Gasteiger partial charge in [-0.3, -0.25) is 0 Å². The van der Waals surface area contributed by atoms with E-state index in [9.17, 15) is 13.2 Å². The minimum absolute atomic E-state index is 0.0641. The van der Waals surface area contributed by atoms with E-state index in [0.717, 1.165) is 4.31 Å². The molecule has 0 aliphatic heterocycles. The highest BCUT2D eigenvalue weighted by Gasteiger charge is 2.18. The maximum atomic E-state index is 12.1. The fourth-order valence-corrected chi connectivity index (χ4v) is 3.00. The van der Waals surface area contributed by atoms with Crippen molar-refractivity contribution >= 4 is 27.1 Å². The van der Waals surface area contributed by atoms with E-state index in [1.54, 1.807) is 10.7 Å². The molecule has 1 aromatic carbocycles. The number of carbonyl (C=O) groups excluding carboxylic acids is 1. The van der Waals surface area contributed by atoms with Crippen LogP contribution in [0.5, 0.6) is 0 Å². The predicted octanol–water partition coefficient (Wildman–Crippen LogP) is 0.389. The second kappa shape index (κ2) is 7.14. The number of rotatable bonds is 6. The molecule has 9 nitrogen and oxygen atoms in total. The topological polar surface area (TPSA) is 109 Å². The van der Waals surface area contributed by atoms with Gasteiger partial charge < -0.3 is 10.6 Å². The first kappa shape index (κ1) is 18.1. The van der Waals surface area contributed by atoms with Crippen molar-refractivity contribution in [2.24, 2.45) is 0 Å². The predicted molar refractivity (Wildman–Crippen MR) is 90.1 cm³/mol. The van der Waals surface area contributed by atoms with Crippen molar-refractivity contribution in [2.45, 2.75) is 31.3 Å². The van der Waals surface area contributed by atoms with Gasteiger partial charge in [0.2, 0.25) is 10.0 Å². The summed E-state index contributed by atoms with van der Waals surface area (Å²) < 4.78 is 27.0. The van der Waals surface area contributed by atoms with Gasteiger partial charge in [0.1, 0.15) is 5.52 Å². The van der Waals surface area contributed by atoms with Gasteiger partial charge >= 0.3 is 6.03 Å². The Morgan fingerprint density at radius 2 is 2.04 bits per heavy atom. The number of hydrogen-bond acceptors (Lipinski definition) is 5. The van der Waals surface area contributed by atoms with Crippen molar-refractivity contribution in [1.82, 2.24) is 29.9 Å². The lowest BCUT2D eigenvalue weighted by Crippen LogP contribution is -2.40. The molecule has 2 N–H and O–H groups in total. The fraction of sp³-hybridized carbons (Fsp3) is 0.500. The number of hydrogen-bond donors (Lipinski definition) is 2. The van der Waals surface area contributed by atoms with Crippen LogP contribution in [0, 0.1) is 0 Å². The summed E-state index contributed by atoms with van der Waals surface area (Å²) in [5, 5.41) is 13.5. The second-order valence-electron chi connectivity index (χ2n) is 5.81. The Balaban J connectivity index is 2.10. The molecule has 0 atom stereocenters. The molecule has 132 valence electrons. The maximum Gasteiger partial charge on any atom is 0.315 e. The molecule has 0 aliphatic rings. The number of sulfonamides is 1. The molecular weight excluding hydrogens is 332 g/mol. The summed E-state index contributed by atoms with van der Waals surface area (Å²) in [6.07, 6.45) is 0. The summed E-state index contributed by atoms with van der Waals surface area (Å²) in [5.74, 6) is 0. The van der Waals surface area contributed by atoms with E-state index in [-0.39, 0.29) is 17.0 Å². The minimum Gasteiger partial charge on any atom is -0.336 e. The number of benzene rings is 1. The molecule has 0 unspecified atom stereocenters. The normalized spacial score (nSPS) is 12.1. The molecule has 0 saturated heterocycles. The van der Waals surface area contributed by atoms with E-state index >= 15 is 0 Å². The van der Waals surface area contributed by atoms with Gasteiger partial charge in [0.15, 0.2) is 0 Å². The SMILES string of the molecule is CC(C)NC(=O)NCCn1nnc2cc(S(=O)(=O)N(C)C)ccc21. The summed E-state index contributed by atoms with van der Waals surface area (Å²) in [7, 11) is -0.555. The number of nitrogens with zero attached hydrogens (tertiary/aromatic N) is 4. The lowest BCUT2D eigenvalue weighted by atomic mass is 10.3. The highest BCUT2D eigenvalue weighted by molar-refractivity contribution is 7.89. The van der Waals surface area contributed by atoms with E-state index in [2.05, 4.69) is 20.9 Å². The zero-order valence-electron chi connectivity index (χ0n) is 14.1. The van der Waals surface area contributed by atoms with Crippen LogP contribution in [0.2, 0.25) is 0 Å². The molecule has 0 saturated carbocycles. The van der Waals surface area contributed by atoms with E-state index in [1.807, 2.05) is 13.8 Å². The number of fused-ring (bicyclic) bond motifs is 1. The third kappa shape index (κ3) is 4.01. The first-order valence-electron chi connectivity index (χ1n) is 7.52. The van der Waals surface area contributed by atoms with Crippen molar-refractivity contribution in [3.63, 3.8) is 0 Å². The molecule has 1 heterocycles. The average molecular weight is 354 g/mol. The third-order valence-corrected chi connectivity index (χ3v) is 5.10. The number of aromatic nitrogens is 3. The Kier molecular flexibility index (Phi) is 5.40. The summed E-state index contributed by atoms with van der Waals surface area (Å²) >= 11 is 0. The summed E-state index contributed by atoms with van der Waals surface area (Å²) in [5.41, 5.74) is 1.20. The van der Waals surface area contributed by atoms with Crippen LogP contribution in [0.15, 0.2) is 23.1 Å². The van der Waals surface area contributed by atoms with Crippen molar-refractivity contribution in [3.8, 4) is 0 Å². The third-order valence-electron chi connectivity index (χ3n) is 3.29. The Morgan fingerprint density at radius 1 is 1.33 bits per heavy atom. The van der Waals surface area contributed by atoms with Crippen molar-refractivity contribution in [3.05, 3.63) is 18.2 Å². The molecule has 2 amide bonds. The highest BCUT2D eigenvalue weighted by Crippen LogP contribution is 2.19. The molecule has 10 heteroatoms. The molecule has 0 spiro atoms. The van der Waals surface area contributed by atoms with E-state index < -0.39 is 10.0 Å². The Labute approximate surface area is 141 Å². The van der Waals surface area contributed by atoms with Gasteiger partial charge in [-0.15, -0.1) is 5.10 Å². The smallest absolute Gasteiger partial charge is 0.315 e. The largest absolute Gasteiger partial charge is 0.336 e. The summed E-state index contributed by atoms with van der Waals surface area (Å²) in [4.78, 5) is 11.7. The van der Waals surface area contributed by atoms with Gasteiger partial charge in [0.05, 0.1) is 17.0 Å². The standard InChI is InChI=1S/C14H22N6O3S/c1-10(2)16-14(21)15-7-8-20-13-6-5-11(9-12(13)17-18-20)24(22,23)19(3)4/h5-6,9-10H,7-8H2,1-4H3,(H2,15,16,21). The molecule has 0 fully saturated rings. The van der Waals surface area contributed by atoms with E-state index in [4.69, 9.17) is 0 Å². The Morgan fingerprint density at radius 3 is 2.67 bits per heavy atom. The van der Waals surface area contributed by atoms with Crippen LogP contribution in [-0.4, -0.2) is 60.4 Å². The van der Waals surface area contributed by atoms with Crippen LogP contribution in [-0.2, 0) is 16.6 Å². The monoisotopic (exact) mass is 354 g/mol. The van der Waals surface area contributed by atoms with Crippen LogP contribution < -0.4 is 10.6 Å². The summed E-state index contributed by atoms with van der Waals surface area (Å²) in [6.45, 7) is 4.57. The van der Waals surface area contributed by atoms with E-state index in [0.29, 0.717) is 24.1 Å². The van der Waals surface area contributed by atoms with Gasteiger partial charge in [-0.2, -0.15) is 0 Å². The fourth-order valence-electron chi connectivity index (χ4n) is 2.08. The van der Waals surface area contributed by atoms with Gasteiger partial charge in [0, 0.05) is 26.7 Å². The minimum atomic E-state index is -3.51. The number of nitrogens with one attached hydrogen (secondary N) is 2. The zero-order valence-corrected chi connectivity index (χ0v) is 15.0. The lowest BCUT2D eigenvalue weighted by molar-refractivity contribution is 0.238. The molecule has 24 heavy (non-hydrogen) atoms. The molecule has 0 aliphatic carbocycles. The van der Waals surface area contributed by atoms with Crippen molar-refractivity contribution in [2.75, 3.05) is 20.6 Å². The maximum absolute atomic E-state index is 12.1. The first-order chi connectivity index (χ1) is 11.2. The Hall–Kier alpha value is -2.20.